The number of nitrogens with zero attached hydrogens (tertiary/aromatic N) is 1. The Morgan fingerprint density at radius 1 is 1.04 bits per heavy atom. The van der Waals surface area contributed by atoms with E-state index in [9.17, 15) is 4.79 Å². The number of para-hydroxylation sites is 1. The van der Waals surface area contributed by atoms with Crippen LogP contribution in [-0.2, 0) is 17.7 Å². The molecule has 0 unspecified atom stereocenters. The van der Waals surface area contributed by atoms with Crippen LogP contribution in [0, 0.1) is 0 Å². The highest BCUT2D eigenvalue weighted by atomic mass is 127. The van der Waals surface area contributed by atoms with E-state index in [4.69, 9.17) is 9.47 Å². The highest BCUT2D eigenvalue weighted by Gasteiger charge is 2.05. The number of hydrogen-bond donors (Lipinski definition) is 2. The number of methoxy groups -OCH3 is 2. The zero-order valence-electron chi connectivity index (χ0n) is 16.5. The van der Waals surface area contributed by atoms with Crippen molar-refractivity contribution in [1.82, 2.24) is 10.6 Å². The number of rotatable bonds is 8. The van der Waals surface area contributed by atoms with Gasteiger partial charge in [-0.25, -0.2) is 9.79 Å². The van der Waals surface area contributed by atoms with Gasteiger partial charge in [-0.2, -0.15) is 0 Å². The summed E-state index contributed by atoms with van der Waals surface area (Å²) in [4.78, 5) is 16.1. The van der Waals surface area contributed by atoms with Crippen LogP contribution in [0.1, 0.15) is 28.4 Å². The highest BCUT2D eigenvalue weighted by molar-refractivity contribution is 14.0. The summed E-state index contributed by atoms with van der Waals surface area (Å²) in [5, 5.41) is 6.58. The lowest BCUT2D eigenvalue weighted by Crippen LogP contribution is -2.38. The van der Waals surface area contributed by atoms with Gasteiger partial charge in [0.2, 0.25) is 0 Å². The van der Waals surface area contributed by atoms with Crippen LogP contribution in [0.3, 0.4) is 0 Å². The second kappa shape index (κ2) is 13.0. The molecule has 0 saturated heterocycles. The molecular weight excluding hydrogens is 469 g/mol. The highest BCUT2D eigenvalue weighted by Crippen LogP contribution is 2.17. The van der Waals surface area contributed by atoms with Crippen molar-refractivity contribution in [3.8, 4) is 5.75 Å². The largest absolute Gasteiger partial charge is 0.496 e. The average molecular weight is 497 g/mol. The number of carbonyl (C=O) groups excluding carboxylic acids is 1. The Balaban J connectivity index is 0.00000392. The van der Waals surface area contributed by atoms with Crippen LogP contribution in [0.4, 0.5) is 0 Å². The Morgan fingerprint density at radius 3 is 2.39 bits per heavy atom. The lowest BCUT2D eigenvalue weighted by molar-refractivity contribution is 0.0600. The Labute approximate surface area is 183 Å². The van der Waals surface area contributed by atoms with E-state index in [-0.39, 0.29) is 29.9 Å². The van der Waals surface area contributed by atoms with Crippen molar-refractivity contribution < 1.29 is 14.3 Å². The maximum absolute atomic E-state index is 11.5. The van der Waals surface area contributed by atoms with Crippen LogP contribution in [0.15, 0.2) is 53.5 Å². The third kappa shape index (κ3) is 7.38. The predicted octanol–water partition coefficient (Wildman–Crippen LogP) is 3.40. The van der Waals surface area contributed by atoms with Gasteiger partial charge in [-0.05, 0) is 42.7 Å². The Morgan fingerprint density at radius 2 is 1.75 bits per heavy atom. The van der Waals surface area contributed by atoms with Gasteiger partial charge in [-0.1, -0.05) is 30.3 Å². The summed E-state index contributed by atoms with van der Waals surface area (Å²) < 4.78 is 10.1. The van der Waals surface area contributed by atoms with Crippen LogP contribution < -0.4 is 15.4 Å². The summed E-state index contributed by atoms with van der Waals surface area (Å²) in [6, 6.07) is 15.3. The molecule has 0 heterocycles. The van der Waals surface area contributed by atoms with E-state index in [0.29, 0.717) is 12.1 Å². The summed E-state index contributed by atoms with van der Waals surface area (Å²) in [5.74, 6) is 1.31. The van der Waals surface area contributed by atoms with Gasteiger partial charge < -0.3 is 20.1 Å². The number of halogens is 1. The number of ether oxygens (including phenoxy) is 2. The van der Waals surface area contributed by atoms with E-state index in [2.05, 4.69) is 21.7 Å². The van der Waals surface area contributed by atoms with E-state index in [1.54, 1.807) is 19.2 Å². The zero-order valence-corrected chi connectivity index (χ0v) is 18.9. The van der Waals surface area contributed by atoms with Crippen molar-refractivity contribution in [1.29, 1.82) is 0 Å². The first-order valence-corrected chi connectivity index (χ1v) is 8.99. The van der Waals surface area contributed by atoms with Crippen molar-refractivity contribution in [2.24, 2.45) is 4.99 Å². The van der Waals surface area contributed by atoms with Crippen molar-refractivity contribution in [3.63, 3.8) is 0 Å². The molecule has 2 aromatic rings. The van der Waals surface area contributed by atoms with Crippen molar-refractivity contribution in [3.05, 3.63) is 65.2 Å². The minimum Gasteiger partial charge on any atom is -0.496 e. The van der Waals surface area contributed by atoms with Gasteiger partial charge in [0.25, 0.3) is 0 Å². The first-order chi connectivity index (χ1) is 13.2. The minimum absolute atomic E-state index is 0. The predicted molar refractivity (Wildman–Crippen MR) is 123 cm³/mol. The first-order valence-electron chi connectivity index (χ1n) is 8.99. The van der Waals surface area contributed by atoms with E-state index < -0.39 is 0 Å². The molecule has 0 aromatic heterocycles. The van der Waals surface area contributed by atoms with Gasteiger partial charge in [-0.3, -0.25) is 0 Å². The molecule has 0 aliphatic rings. The van der Waals surface area contributed by atoms with E-state index in [1.807, 2.05) is 37.3 Å². The van der Waals surface area contributed by atoms with Gasteiger partial charge in [-0.15, -0.1) is 24.0 Å². The molecule has 28 heavy (non-hydrogen) atoms. The quantitative estimate of drug-likeness (QED) is 0.253. The summed E-state index contributed by atoms with van der Waals surface area (Å²) in [6.45, 7) is 4.07. The third-order valence-corrected chi connectivity index (χ3v) is 4.02. The molecule has 0 aliphatic carbocycles. The van der Waals surface area contributed by atoms with Crippen molar-refractivity contribution in [2.45, 2.75) is 19.9 Å². The van der Waals surface area contributed by atoms with E-state index >= 15 is 0 Å². The van der Waals surface area contributed by atoms with Crippen LogP contribution in [0.25, 0.3) is 0 Å². The molecule has 0 radical (unpaired) electrons. The smallest absolute Gasteiger partial charge is 0.337 e. The monoisotopic (exact) mass is 497 g/mol. The molecule has 0 saturated carbocycles. The number of nitrogens with one attached hydrogen (secondary N) is 2. The van der Waals surface area contributed by atoms with E-state index in [0.717, 1.165) is 42.3 Å². The zero-order chi connectivity index (χ0) is 19.5. The number of hydrogen-bond acceptors (Lipinski definition) is 4. The number of aliphatic imine (C=N–C) groups is 1. The van der Waals surface area contributed by atoms with Crippen LogP contribution in [0.5, 0.6) is 5.75 Å². The number of carbonyl (C=O) groups is 1. The molecule has 0 bridgehead atoms. The minimum atomic E-state index is -0.337. The van der Waals surface area contributed by atoms with Crippen molar-refractivity contribution in [2.75, 3.05) is 27.3 Å². The standard InChI is InChI=1S/C21H27N3O3.HI/c1-4-22-21(23-14-13-17-7-5-6-8-19(17)26-2)24-15-16-9-11-18(12-10-16)20(25)27-3;/h5-12H,4,13-15H2,1-3H3,(H2,22,23,24);1H. The summed E-state index contributed by atoms with van der Waals surface area (Å²) in [5.41, 5.74) is 2.71. The van der Waals surface area contributed by atoms with Crippen LogP contribution >= 0.6 is 24.0 Å². The van der Waals surface area contributed by atoms with Gasteiger partial charge in [0.05, 0.1) is 26.3 Å². The molecule has 0 fully saturated rings. The fourth-order valence-electron chi connectivity index (χ4n) is 2.60. The number of benzene rings is 2. The summed E-state index contributed by atoms with van der Waals surface area (Å²) in [7, 11) is 3.06. The number of esters is 1. The first kappa shape index (κ1) is 23.7. The van der Waals surface area contributed by atoms with Gasteiger partial charge in [0.1, 0.15) is 5.75 Å². The van der Waals surface area contributed by atoms with Gasteiger partial charge in [0, 0.05) is 13.1 Å². The SMILES string of the molecule is CCNC(=NCc1ccc(C(=O)OC)cc1)NCCc1ccccc1OC.I. The van der Waals surface area contributed by atoms with Crippen LogP contribution in [-0.4, -0.2) is 39.2 Å². The molecule has 0 aliphatic heterocycles. The molecule has 2 N–H and O–H groups in total. The average Bonchev–Trinajstić information content (AvgIpc) is 2.72. The normalized spacial score (nSPS) is 10.6. The lowest BCUT2D eigenvalue weighted by Gasteiger charge is -2.13. The molecule has 7 heteroatoms. The fourth-order valence-corrected chi connectivity index (χ4v) is 2.60. The second-order valence-electron chi connectivity index (χ2n) is 5.87. The maximum Gasteiger partial charge on any atom is 0.337 e. The Hall–Kier alpha value is -2.29. The molecule has 152 valence electrons. The molecule has 6 nitrogen and oxygen atoms in total. The van der Waals surface area contributed by atoms with Gasteiger partial charge >= 0.3 is 5.97 Å². The van der Waals surface area contributed by atoms with Crippen LogP contribution in [0.2, 0.25) is 0 Å². The molecule has 0 amide bonds. The summed E-state index contributed by atoms with van der Waals surface area (Å²) in [6.07, 6.45) is 0.836. The third-order valence-electron chi connectivity index (χ3n) is 4.02. The molecule has 0 atom stereocenters. The molecule has 0 spiro atoms. The fraction of sp³-hybridized carbons (Fsp3) is 0.333. The molecular formula is C21H28IN3O3. The topological polar surface area (TPSA) is 72.0 Å². The molecule has 2 rings (SSSR count). The van der Waals surface area contributed by atoms with Gasteiger partial charge in [0.15, 0.2) is 5.96 Å². The van der Waals surface area contributed by atoms with E-state index in [1.165, 1.54) is 7.11 Å². The lowest BCUT2D eigenvalue weighted by atomic mass is 10.1. The summed E-state index contributed by atoms with van der Waals surface area (Å²) >= 11 is 0. The second-order valence-corrected chi connectivity index (χ2v) is 5.87. The van der Waals surface area contributed by atoms with Crippen molar-refractivity contribution >= 4 is 35.9 Å². The Bertz CT molecular complexity index is 764. The molecule has 2 aromatic carbocycles. The maximum atomic E-state index is 11.5. The Kier molecular flexibility index (Phi) is 11.0. The number of guanidine groups is 1.